The van der Waals surface area contributed by atoms with E-state index < -0.39 is 0 Å². The zero-order chi connectivity index (χ0) is 9.84. The largest absolute Gasteiger partial charge is 0.469 e. The number of carbonyl (C=O) groups is 1. The highest BCUT2D eigenvalue weighted by Crippen LogP contribution is 2.24. The summed E-state index contributed by atoms with van der Waals surface area (Å²) >= 11 is 9.04. The zero-order valence-corrected chi connectivity index (χ0v) is 9.22. The summed E-state index contributed by atoms with van der Waals surface area (Å²) in [6.45, 7) is 0. The van der Waals surface area contributed by atoms with Crippen molar-refractivity contribution in [3.8, 4) is 0 Å². The first-order valence-electron chi connectivity index (χ1n) is 3.51. The number of ether oxygens (including phenoxy) is 1. The minimum Gasteiger partial charge on any atom is -0.469 e. The molecule has 5 heteroatoms. The molecule has 0 fully saturated rings. The molecule has 0 atom stereocenters. The third kappa shape index (κ3) is 2.67. The Hall–Kier alpha value is -0.610. The van der Waals surface area contributed by atoms with Gasteiger partial charge in [-0.2, -0.15) is 0 Å². The summed E-state index contributed by atoms with van der Waals surface area (Å²) in [4.78, 5) is 14.9. The van der Waals surface area contributed by atoms with Gasteiger partial charge in [-0.25, -0.2) is 0 Å². The molecule has 1 rings (SSSR count). The fourth-order valence-corrected chi connectivity index (χ4v) is 1.33. The third-order valence-electron chi connectivity index (χ3n) is 1.45. The van der Waals surface area contributed by atoms with Gasteiger partial charge in [0.05, 0.1) is 28.7 Å². The predicted molar refractivity (Wildman–Crippen MR) is 52.7 cm³/mol. The normalized spacial score (nSPS) is 9.77. The second-order valence-corrected chi connectivity index (χ2v) is 3.51. The average Bonchev–Trinajstić information content (AvgIpc) is 2.13. The van der Waals surface area contributed by atoms with Crippen molar-refractivity contribution in [2.75, 3.05) is 7.11 Å². The van der Waals surface area contributed by atoms with E-state index in [9.17, 15) is 4.79 Å². The Labute approximate surface area is 89.2 Å². The minimum atomic E-state index is -0.338. The lowest BCUT2D eigenvalue weighted by Gasteiger charge is -2.02. The Bertz CT molecular complexity index is 330. The number of rotatable bonds is 2. The van der Waals surface area contributed by atoms with Gasteiger partial charge in [0.2, 0.25) is 0 Å². The van der Waals surface area contributed by atoms with Crippen LogP contribution in [-0.4, -0.2) is 18.1 Å². The average molecular weight is 265 g/mol. The van der Waals surface area contributed by atoms with Crippen molar-refractivity contribution in [2.45, 2.75) is 6.42 Å². The van der Waals surface area contributed by atoms with Gasteiger partial charge in [-0.05, 0) is 22.0 Å². The van der Waals surface area contributed by atoms with Crippen LogP contribution in [0.3, 0.4) is 0 Å². The van der Waals surface area contributed by atoms with Crippen molar-refractivity contribution in [3.63, 3.8) is 0 Å². The summed E-state index contributed by atoms with van der Waals surface area (Å²) in [6, 6.07) is 1.65. The Balaban J connectivity index is 2.89. The van der Waals surface area contributed by atoms with Crippen LogP contribution in [0.1, 0.15) is 5.69 Å². The number of hydrogen-bond acceptors (Lipinski definition) is 3. The molecule has 1 aromatic heterocycles. The van der Waals surface area contributed by atoms with E-state index in [0.717, 1.165) is 0 Å². The molecule has 0 saturated heterocycles. The number of nitrogens with zero attached hydrogens (tertiary/aromatic N) is 1. The number of aromatic nitrogens is 1. The van der Waals surface area contributed by atoms with E-state index in [0.29, 0.717) is 15.2 Å². The number of methoxy groups -OCH3 is 1. The maximum atomic E-state index is 10.9. The molecule has 0 radical (unpaired) electrons. The molecule has 1 aromatic rings. The molecule has 13 heavy (non-hydrogen) atoms. The number of pyridine rings is 1. The van der Waals surface area contributed by atoms with E-state index in [-0.39, 0.29) is 12.4 Å². The van der Waals surface area contributed by atoms with Gasteiger partial charge in [0.15, 0.2) is 0 Å². The van der Waals surface area contributed by atoms with Crippen LogP contribution >= 0.6 is 27.5 Å². The minimum absolute atomic E-state index is 0.123. The molecule has 0 unspecified atom stereocenters. The number of carbonyl (C=O) groups excluding carboxylic acids is 1. The Morgan fingerprint density at radius 3 is 3.08 bits per heavy atom. The second-order valence-electron chi connectivity index (χ2n) is 2.31. The lowest BCUT2D eigenvalue weighted by atomic mass is 10.3. The number of halogens is 2. The molecule has 3 nitrogen and oxygen atoms in total. The quantitative estimate of drug-likeness (QED) is 0.769. The van der Waals surface area contributed by atoms with Gasteiger partial charge in [0, 0.05) is 6.20 Å². The SMILES string of the molecule is COC(=O)Cc1nccc(Cl)c1Br. The summed E-state index contributed by atoms with van der Waals surface area (Å²) in [6.07, 6.45) is 1.67. The maximum Gasteiger partial charge on any atom is 0.311 e. The van der Waals surface area contributed by atoms with Crippen molar-refractivity contribution in [2.24, 2.45) is 0 Å². The topological polar surface area (TPSA) is 39.2 Å². The molecule has 1 heterocycles. The van der Waals surface area contributed by atoms with Gasteiger partial charge >= 0.3 is 5.97 Å². The highest BCUT2D eigenvalue weighted by atomic mass is 79.9. The zero-order valence-electron chi connectivity index (χ0n) is 6.88. The molecule has 70 valence electrons. The van der Waals surface area contributed by atoms with Crippen molar-refractivity contribution in [3.05, 3.63) is 27.5 Å². The highest BCUT2D eigenvalue weighted by molar-refractivity contribution is 9.10. The maximum absolute atomic E-state index is 10.9. The molecule has 0 amide bonds. The molecule has 0 spiro atoms. The van der Waals surface area contributed by atoms with Crippen LogP contribution in [0.25, 0.3) is 0 Å². The summed E-state index contributed by atoms with van der Waals surface area (Å²) in [5.41, 5.74) is 0.583. The van der Waals surface area contributed by atoms with Gasteiger partial charge in [-0.15, -0.1) is 0 Å². The molecule has 0 N–H and O–H groups in total. The molecule has 0 saturated carbocycles. The molecule has 0 aromatic carbocycles. The fraction of sp³-hybridized carbons (Fsp3) is 0.250. The van der Waals surface area contributed by atoms with Crippen LogP contribution in [0, 0.1) is 0 Å². The lowest BCUT2D eigenvalue weighted by molar-refractivity contribution is -0.139. The molecule has 0 aliphatic carbocycles. The first-order chi connectivity index (χ1) is 6.15. The van der Waals surface area contributed by atoms with E-state index in [1.54, 1.807) is 12.3 Å². The summed E-state index contributed by atoms with van der Waals surface area (Å²) in [5, 5.41) is 0.536. The van der Waals surface area contributed by atoms with E-state index in [1.165, 1.54) is 7.11 Å². The summed E-state index contributed by atoms with van der Waals surface area (Å²) in [7, 11) is 1.33. The van der Waals surface area contributed by atoms with Crippen LogP contribution < -0.4 is 0 Å². The van der Waals surface area contributed by atoms with Gasteiger partial charge in [-0.3, -0.25) is 9.78 Å². The van der Waals surface area contributed by atoms with Crippen molar-refractivity contribution in [1.29, 1.82) is 0 Å². The van der Waals surface area contributed by atoms with E-state index in [4.69, 9.17) is 11.6 Å². The third-order valence-corrected chi connectivity index (χ3v) is 2.88. The predicted octanol–water partition coefficient (Wildman–Crippen LogP) is 2.21. The first-order valence-corrected chi connectivity index (χ1v) is 4.68. The Kier molecular flexibility index (Phi) is 3.69. The second kappa shape index (κ2) is 4.58. The van der Waals surface area contributed by atoms with E-state index in [2.05, 4.69) is 25.7 Å². The lowest BCUT2D eigenvalue weighted by Crippen LogP contribution is -2.06. The van der Waals surface area contributed by atoms with Crippen molar-refractivity contribution < 1.29 is 9.53 Å². The van der Waals surface area contributed by atoms with Gasteiger partial charge in [0.1, 0.15) is 0 Å². The molecule has 0 aliphatic heterocycles. The summed E-state index contributed by atoms with van der Waals surface area (Å²) < 4.78 is 5.15. The van der Waals surface area contributed by atoms with Gasteiger partial charge < -0.3 is 4.74 Å². The smallest absolute Gasteiger partial charge is 0.311 e. The molecule has 0 bridgehead atoms. The van der Waals surface area contributed by atoms with Crippen molar-refractivity contribution >= 4 is 33.5 Å². The first kappa shape index (κ1) is 10.5. The summed E-state index contributed by atoms with van der Waals surface area (Å²) in [5.74, 6) is -0.338. The highest BCUT2D eigenvalue weighted by Gasteiger charge is 2.09. The monoisotopic (exact) mass is 263 g/mol. The van der Waals surface area contributed by atoms with Gasteiger partial charge in [0.25, 0.3) is 0 Å². The van der Waals surface area contributed by atoms with Crippen LogP contribution in [0.5, 0.6) is 0 Å². The van der Waals surface area contributed by atoms with Gasteiger partial charge in [-0.1, -0.05) is 11.6 Å². The van der Waals surface area contributed by atoms with Crippen LogP contribution in [0.2, 0.25) is 5.02 Å². The van der Waals surface area contributed by atoms with Crippen LogP contribution in [-0.2, 0) is 16.0 Å². The number of esters is 1. The number of hydrogen-bond donors (Lipinski definition) is 0. The van der Waals surface area contributed by atoms with Crippen LogP contribution in [0.4, 0.5) is 0 Å². The molecular weight excluding hydrogens is 257 g/mol. The molecular formula is C8H7BrClNO2. The standard InChI is InChI=1S/C8H7BrClNO2/c1-13-7(12)4-6-8(9)5(10)2-3-11-6/h2-3H,4H2,1H3. The van der Waals surface area contributed by atoms with E-state index >= 15 is 0 Å². The fourth-order valence-electron chi connectivity index (χ4n) is 0.792. The Morgan fingerprint density at radius 2 is 2.46 bits per heavy atom. The van der Waals surface area contributed by atoms with Crippen LogP contribution in [0.15, 0.2) is 16.7 Å². The van der Waals surface area contributed by atoms with Crippen molar-refractivity contribution in [1.82, 2.24) is 4.98 Å². The Morgan fingerprint density at radius 1 is 1.77 bits per heavy atom. The molecule has 0 aliphatic rings. The van der Waals surface area contributed by atoms with E-state index in [1.807, 2.05) is 0 Å².